The number of allylic oxidation sites excluding steroid dienone is 1. The molecule has 4 nitrogen and oxygen atoms in total. The van der Waals surface area contributed by atoms with Crippen molar-refractivity contribution in [1.82, 2.24) is 10.6 Å². The molecule has 1 unspecified atom stereocenters. The van der Waals surface area contributed by atoms with E-state index in [1.807, 2.05) is 13.1 Å². The number of likely N-dealkylation sites (N-methyl/N-ethyl adjacent to an activating group) is 2. The van der Waals surface area contributed by atoms with Crippen LogP contribution in [0.5, 0.6) is 0 Å². The summed E-state index contributed by atoms with van der Waals surface area (Å²) >= 11 is 0. The van der Waals surface area contributed by atoms with Gasteiger partial charge < -0.3 is 15.7 Å². The van der Waals surface area contributed by atoms with E-state index in [2.05, 4.69) is 10.6 Å². The molecule has 1 aliphatic carbocycles. The molecule has 1 aliphatic rings. The van der Waals surface area contributed by atoms with Crippen LogP contribution in [0.25, 0.3) is 0 Å². The SMILES string of the molecule is CNC1=CCC(NC)(C(=O)O)C=C1.[Zn]. The molecule has 0 heterocycles. The van der Waals surface area contributed by atoms with Gasteiger partial charge in [0.25, 0.3) is 0 Å². The van der Waals surface area contributed by atoms with E-state index in [0.717, 1.165) is 5.70 Å². The molecule has 0 aromatic heterocycles. The number of carboxylic acid groups (broad SMARTS) is 1. The Morgan fingerprint density at radius 1 is 1.57 bits per heavy atom. The minimum absolute atomic E-state index is 0. The van der Waals surface area contributed by atoms with Crippen LogP contribution in [-0.4, -0.2) is 30.7 Å². The summed E-state index contributed by atoms with van der Waals surface area (Å²) in [5.74, 6) is -0.849. The summed E-state index contributed by atoms with van der Waals surface area (Å²) in [6, 6.07) is 0. The molecule has 0 radical (unpaired) electrons. The molecule has 1 rings (SSSR count). The predicted octanol–water partition coefficient (Wildman–Crippen LogP) is 0.0899. The quantitative estimate of drug-likeness (QED) is 0.619. The largest absolute Gasteiger partial charge is 0.480 e. The van der Waals surface area contributed by atoms with Crippen LogP contribution in [0.1, 0.15) is 6.42 Å². The average Bonchev–Trinajstić information content (AvgIpc) is 2.17. The molecule has 0 amide bonds. The number of hydrogen-bond acceptors (Lipinski definition) is 3. The van der Waals surface area contributed by atoms with Gasteiger partial charge in [-0.3, -0.25) is 0 Å². The maximum atomic E-state index is 10.9. The minimum atomic E-state index is -0.930. The maximum Gasteiger partial charge on any atom is 0.328 e. The zero-order chi connectivity index (χ0) is 9.90. The van der Waals surface area contributed by atoms with Crippen molar-refractivity contribution in [3.05, 3.63) is 23.9 Å². The normalized spacial score (nSPS) is 24.9. The van der Waals surface area contributed by atoms with Crippen LogP contribution in [0.3, 0.4) is 0 Å². The second kappa shape index (κ2) is 5.27. The Labute approximate surface area is 96.2 Å². The molecule has 14 heavy (non-hydrogen) atoms. The van der Waals surface area contributed by atoms with Gasteiger partial charge in [-0.1, -0.05) is 12.2 Å². The fourth-order valence-electron chi connectivity index (χ4n) is 1.28. The van der Waals surface area contributed by atoms with Crippen molar-refractivity contribution in [2.24, 2.45) is 0 Å². The summed E-state index contributed by atoms with van der Waals surface area (Å²) in [6.07, 6.45) is 5.77. The Morgan fingerprint density at radius 2 is 2.21 bits per heavy atom. The van der Waals surface area contributed by atoms with Gasteiger partial charge in [-0.2, -0.15) is 0 Å². The summed E-state index contributed by atoms with van der Waals surface area (Å²) in [5.41, 5.74) is 0.0208. The van der Waals surface area contributed by atoms with Gasteiger partial charge in [-0.15, -0.1) is 0 Å². The molecule has 0 aliphatic heterocycles. The summed E-state index contributed by atoms with van der Waals surface area (Å²) in [7, 11) is 3.46. The van der Waals surface area contributed by atoms with Crippen molar-refractivity contribution >= 4 is 5.97 Å². The van der Waals surface area contributed by atoms with Gasteiger partial charge >= 0.3 is 5.97 Å². The van der Waals surface area contributed by atoms with Crippen molar-refractivity contribution in [2.75, 3.05) is 14.1 Å². The third kappa shape index (κ3) is 2.43. The van der Waals surface area contributed by atoms with E-state index in [4.69, 9.17) is 5.11 Å². The van der Waals surface area contributed by atoms with E-state index in [9.17, 15) is 4.79 Å². The van der Waals surface area contributed by atoms with Gasteiger partial charge in [0, 0.05) is 38.6 Å². The Hall–Kier alpha value is -0.667. The van der Waals surface area contributed by atoms with Crippen molar-refractivity contribution < 1.29 is 29.4 Å². The van der Waals surface area contributed by atoms with Crippen LogP contribution in [0, 0.1) is 0 Å². The summed E-state index contributed by atoms with van der Waals surface area (Å²) in [4.78, 5) is 10.9. The zero-order valence-electron chi connectivity index (χ0n) is 8.50. The maximum absolute atomic E-state index is 10.9. The first-order valence-corrected chi connectivity index (χ1v) is 4.14. The molecule has 0 saturated heterocycles. The third-order valence-corrected chi connectivity index (χ3v) is 2.31. The average molecular weight is 248 g/mol. The van der Waals surface area contributed by atoms with Crippen molar-refractivity contribution in [2.45, 2.75) is 12.0 Å². The summed E-state index contributed by atoms with van der Waals surface area (Å²) < 4.78 is 0. The summed E-state index contributed by atoms with van der Waals surface area (Å²) in [6.45, 7) is 0. The topological polar surface area (TPSA) is 61.4 Å². The van der Waals surface area contributed by atoms with Crippen molar-refractivity contribution in [3.8, 4) is 0 Å². The van der Waals surface area contributed by atoms with Crippen molar-refractivity contribution in [1.29, 1.82) is 0 Å². The molecular formula is C9H14N2O2Zn. The number of rotatable bonds is 3. The van der Waals surface area contributed by atoms with Crippen LogP contribution in [0.4, 0.5) is 0 Å². The molecule has 74 valence electrons. The van der Waals surface area contributed by atoms with Gasteiger partial charge in [-0.25, -0.2) is 4.79 Å². The standard InChI is InChI=1S/C9H14N2O2.Zn/c1-10-7-3-5-9(11-2,6-4-7)8(12)13;/h3-5,10-11H,6H2,1-2H3,(H,12,13);. The summed E-state index contributed by atoms with van der Waals surface area (Å²) in [5, 5.41) is 14.7. The van der Waals surface area contributed by atoms with E-state index in [1.165, 1.54) is 0 Å². The molecule has 3 N–H and O–H groups in total. The fourth-order valence-corrected chi connectivity index (χ4v) is 1.28. The predicted molar refractivity (Wildman–Crippen MR) is 50.3 cm³/mol. The molecule has 5 heteroatoms. The first kappa shape index (κ1) is 13.3. The van der Waals surface area contributed by atoms with Crippen molar-refractivity contribution in [3.63, 3.8) is 0 Å². The smallest absolute Gasteiger partial charge is 0.328 e. The number of hydrogen-bond donors (Lipinski definition) is 3. The molecule has 0 saturated carbocycles. The van der Waals surface area contributed by atoms with Crippen LogP contribution in [0.2, 0.25) is 0 Å². The molecule has 0 spiro atoms. The van der Waals surface area contributed by atoms with Gasteiger partial charge in [0.1, 0.15) is 5.54 Å². The van der Waals surface area contributed by atoms with E-state index in [-0.39, 0.29) is 19.5 Å². The van der Waals surface area contributed by atoms with Gasteiger partial charge in [-0.05, 0) is 13.1 Å². The van der Waals surface area contributed by atoms with Gasteiger partial charge in [0.2, 0.25) is 0 Å². The van der Waals surface area contributed by atoms with Crippen LogP contribution in [0.15, 0.2) is 23.9 Å². The molecule has 1 atom stereocenters. The van der Waals surface area contributed by atoms with Crippen LogP contribution < -0.4 is 10.6 Å². The number of nitrogens with one attached hydrogen (secondary N) is 2. The Kier molecular flexibility index (Phi) is 5.02. The molecule has 0 aromatic rings. The molecule has 0 bridgehead atoms. The Morgan fingerprint density at radius 3 is 2.50 bits per heavy atom. The second-order valence-corrected chi connectivity index (χ2v) is 2.97. The van der Waals surface area contributed by atoms with E-state index < -0.39 is 11.5 Å². The monoisotopic (exact) mass is 246 g/mol. The first-order valence-electron chi connectivity index (χ1n) is 4.14. The molecule has 0 aromatic carbocycles. The number of aliphatic carboxylic acids is 1. The van der Waals surface area contributed by atoms with E-state index >= 15 is 0 Å². The Bertz CT molecular complexity index is 276. The molecular weight excluding hydrogens is 234 g/mol. The van der Waals surface area contributed by atoms with Gasteiger partial charge in [0.15, 0.2) is 0 Å². The van der Waals surface area contributed by atoms with Gasteiger partial charge in [0.05, 0.1) is 0 Å². The molecule has 0 fully saturated rings. The van der Waals surface area contributed by atoms with E-state index in [0.29, 0.717) is 6.42 Å². The first-order chi connectivity index (χ1) is 6.14. The third-order valence-electron chi connectivity index (χ3n) is 2.31. The minimum Gasteiger partial charge on any atom is -0.480 e. The fraction of sp³-hybridized carbons (Fsp3) is 0.444. The number of carboxylic acids is 1. The second-order valence-electron chi connectivity index (χ2n) is 2.97. The van der Waals surface area contributed by atoms with E-state index in [1.54, 1.807) is 19.2 Å². The Balaban J connectivity index is 0.00000169. The van der Waals surface area contributed by atoms with Crippen LogP contribution in [-0.2, 0) is 24.3 Å². The zero-order valence-corrected chi connectivity index (χ0v) is 11.5. The van der Waals surface area contributed by atoms with Crippen LogP contribution >= 0.6 is 0 Å². The number of carbonyl (C=O) groups is 1.